The lowest BCUT2D eigenvalue weighted by Gasteiger charge is -2.15. The van der Waals surface area contributed by atoms with Gasteiger partial charge in [-0.15, -0.1) is 0 Å². The van der Waals surface area contributed by atoms with Crippen LogP contribution in [0.1, 0.15) is 18.2 Å². The van der Waals surface area contributed by atoms with E-state index in [0.29, 0.717) is 41.6 Å². The highest BCUT2D eigenvalue weighted by atomic mass is 16.5. The number of para-hydroxylation sites is 2. The zero-order valence-electron chi connectivity index (χ0n) is 17.6. The number of aromatic nitrogens is 2. The average molecular weight is 439 g/mol. The molecule has 33 heavy (non-hydrogen) atoms. The van der Waals surface area contributed by atoms with Crippen molar-refractivity contribution in [1.29, 1.82) is 0 Å². The number of benzene rings is 3. The van der Waals surface area contributed by atoms with Crippen molar-refractivity contribution in [2.24, 2.45) is 0 Å². The molecular formula is C25H21N5O3. The Hall–Kier alpha value is -4.46. The fourth-order valence-corrected chi connectivity index (χ4v) is 3.80. The van der Waals surface area contributed by atoms with Gasteiger partial charge >= 0.3 is 6.03 Å². The first-order chi connectivity index (χ1) is 16.2. The van der Waals surface area contributed by atoms with Crippen molar-refractivity contribution in [3.63, 3.8) is 0 Å². The van der Waals surface area contributed by atoms with E-state index in [4.69, 9.17) is 4.52 Å². The van der Waals surface area contributed by atoms with E-state index in [1.165, 1.54) is 0 Å². The minimum atomic E-state index is -0.349. The Morgan fingerprint density at radius 1 is 0.909 bits per heavy atom. The predicted octanol–water partition coefficient (Wildman–Crippen LogP) is 4.90. The maximum atomic E-state index is 12.5. The van der Waals surface area contributed by atoms with Gasteiger partial charge in [0, 0.05) is 35.6 Å². The van der Waals surface area contributed by atoms with E-state index >= 15 is 0 Å². The van der Waals surface area contributed by atoms with Crippen LogP contribution in [0.5, 0.6) is 0 Å². The molecule has 0 aliphatic carbocycles. The van der Waals surface area contributed by atoms with Crippen LogP contribution < -0.4 is 15.5 Å². The molecule has 164 valence electrons. The van der Waals surface area contributed by atoms with Crippen LogP contribution in [0.25, 0.3) is 11.4 Å². The molecule has 1 aliphatic heterocycles. The summed E-state index contributed by atoms with van der Waals surface area (Å²) in [5, 5.41) is 9.68. The zero-order chi connectivity index (χ0) is 22.6. The lowest BCUT2D eigenvalue weighted by molar-refractivity contribution is -0.117. The highest BCUT2D eigenvalue weighted by Gasteiger charge is 2.35. The molecule has 2 N–H and O–H groups in total. The van der Waals surface area contributed by atoms with Crippen molar-refractivity contribution in [2.45, 2.75) is 12.3 Å². The van der Waals surface area contributed by atoms with Crippen LogP contribution in [0, 0.1) is 0 Å². The Bertz CT molecular complexity index is 1270. The summed E-state index contributed by atoms with van der Waals surface area (Å²) in [6, 6.07) is 25.6. The number of hydrogen-bond acceptors (Lipinski definition) is 5. The molecule has 1 saturated heterocycles. The Balaban J connectivity index is 1.27. The maximum Gasteiger partial charge on any atom is 0.323 e. The summed E-state index contributed by atoms with van der Waals surface area (Å²) >= 11 is 0. The van der Waals surface area contributed by atoms with Crippen LogP contribution in [0.3, 0.4) is 0 Å². The first kappa shape index (κ1) is 20.4. The molecular weight excluding hydrogens is 418 g/mol. The molecule has 1 fully saturated rings. The summed E-state index contributed by atoms with van der Waals surface area (Å²) in [5.41, 5.74) is 2.85. The summed E-state index contributed by atoms with van der Waals surface area (Å²) in [5.74, 6) is 0.693. The van der Waals surface area contributed by atoms with Crippen molar-refractivity contribution in [3.8, 4) is 11.4 Å². The molecule has 0 bridgehead atoms. The largest absolute Gasteiger partial charge is 0.339 e. The first-order valence-electron chi connectivity index (χ1n) is 10.6. The number of urea groups is 1. The minimum Gasteiger partial charge on any atom is -0.339 e. The van der Waals surface area contributed by atoms with Gasteiger partial charge in [-0.25, -0.2) is 4.79 Å². The first-order valence-corrected chi connectivity index (χ1v) is 10.6. The molecule has 0 saturated carbocycles. The van der Waals surface area contributed by atoms with Crippen LogP contribution in [-0.2, 0) is 4.79 Å². The molecule has 4 aromatic rings. The highest BCUT2D eigenvalue weighted by molar-refractivity contribution is 6.00. The zero-order valence-corrected chi connectivity index (χ0v) is 17.6. The van der Waals surface area contributed by atoms with E-state index in [9.17, 15) is 9.59 Å². The van der Waals surface area contributed by atoms with E-state index in [0.717, 1.165) is 5.69 Å². The monoisotopic (exact) mass is 439 g/mol. The molecule has 0 spiro atoms. The normalized spacial score (nSPS) is 15.5. The summed E-state index contributed by atoms with van der Waals surface area (Å²) in [4.78, 5) is 31.0. The van der Waals surface area contributed by atoms with Crippen molar-refractivity contribution < 1.29 is 14.1 Å². The molecule has 8 heteroatoms. The van der Waals surface area contributed by atoms with Crippen LogP contribution in [0.2, 0.25) is 0 Å². The number of nitrogens with one attached hydrogen (secondary N) is 2. The second kappa shape index (κ2) is 8.96. The molecule has 1 aromatic heterocycles. The molecule has 1 aliphatic rings. The minimum absolute atomic E-state index is 0.0292. The van der Waals surface area contributed by atoms with Gasteiger partial charge in [-0.05, 0) is 36.4 Å². The summed E-state index contributed by atoms with van der Waals surface area (Å²) in [7, 11) is 0. The van der Waals surface area contributed by atoms with Crippen LogP contribution in [0.4, 0.5) is 21.9 Å². The summed E-state index contributed by atoms with van der Waals surface area (Å²) in [6.45, 7) is 0.492. The summed E-state index contributed by atoms with van der Waals surface area (Å²) < 4.78 is 5.50. The third kappa shape index (κ3) is 4.59. The molecule has 2 heterocycles. The lowest BCUT2D eigenvalue weighted by atomic mass is 10.1. The topological polar surface area (TPSA) is 100 Å². The standard InChI is InChI=1S/C25H21N5O3/c31-22-15-18(16-30(22)21-12-5-2-6-13-21)24-28-23(29-33-24)17-8-7-11-20(14-17)27-25(32)26-19-9-3-1-4-10-19/h1-14,18H,15-16H2,(H2,26,27,32)/t18-/m1/s1. The Kier molecular flexibility index (Phi) is 5.55. The molecule has 0 unspecified atom stereocenters. The van der Waals surface area contributed by atoms with Gasteiger partial charge in [-0.1, -0.05) is 53.7 Å². The maximum absolute atomic E-state index is 12.5. The predicted molar refractivity (Wildman–Crippen MR) is 125 cm³/mol. The van der Waals surface area contributed by atoms with Gasteiger partial charge in [-0.3, -0.25) is 4.79 Å². The fraction of sp³-hybridized carbons (Fsp3) is 0.120. The lowest BCUT2D eigenvalue weighted by Crippen LogP contribution is -2.24. The number of nitrogens with zero attached hydrogens (tertiary/aromatic N) is 3. The molecule has 1 atom stereocenters. The Labute approximate surface area is 190 Å². The van der Waals surface area contributed by atoms with Crippen LogP contribution in [0.15, 0.2) is 89.5 Å². The van der Waals surface area contributed by atoms with Crippen molar-refractivity contribution in [2.75, 3.05) is 22.1 Å². The van der Waals surface area contributed by atoms with Gasteiger partial charge in [0.15, 0.2) is 0 Å². The number of hydrogen-bond donors (Lipinski definition) is 2. The van der Waals surface area contributed by atoms with Crippen LogP contribution >= 0.6 is 0 Å². The third-order valence-corrected chi connectivity index (χ3v) is 5.39. The van der Waals surface area contributed by atoms with Crippen molar-refractivity contribution in [3.05, 3.63) is 90.8 Å². The van der Waals surface area contributed by atoms with E-state index in [2.05, 4.69) is 20.8 Å². The second-order valence-corrected chi connectivity index (χ2v) is 7.72. The Morgan fingerprint density at radius 2 is 1.61 bits per heavy atom. The van der Waals surface area contributed by atoms with Gasteiger partial charge in [0.05, 0.1) is 5.92 Å². The quantitative estimate of drug-likeness (QED) is 0.461. The number of carbonyl (C=O) groups is 2. The van der Waals surface area contributed by atoms with E-state index in [1.54, 1.807) is 23.1 Å². The second-order valence-electron chi connectivity index (χ2n) is 7.72. The molecule has 5 rings (SSSR count). The molecule has 3 amide bonds. The molecule has 0 radical (unpaired) electrons. The fourth-order valence-electron chi connectivity index (χ4n) is 3.80. The SMILES string of the molecule is O=C(Nc1ccccc1)Nc1cccc(-c2noc([C@@H]3CC(=O)N(c4ccccc4)C3)n2)c1. The van der Waals surface area contributed by atoms with Gasteiger partial charge in [-0.2, -0.15) is 4.98 Å². The van der Waals surface area contributed by atoms with Gasteiger partial charge in [0.25, 0.3) is 0 Å². The van der Waals surface area contributed by atoms with Crippen molar-refractivity contribution >= 4 is 29.0 Å². The van der Waals surface area contributed by atoms with Gasteiger partial charge in [0.1, 0.15) is 0 Å². The van der Waals surface area contributed by atoms with E-state index < -0.39 is 0 Å². The van der Waals surface area contributed by atoms with Crippen molar-refractivity contribution in [1.82, 2.24) is 10.1 Å². The van der Waals surface area contributed by atoms with E-state index in [-0.39, 0.29) is 17.9 Å². The third-order valence-electron chi connectivity index (χ3n) is 5.39. The molecule has 8 nitrogen and oxygen atoms in total. The van der Waals surface area contributed by atoms with E-state index in [1.807, 2.05) is 66.7 Å². The van der Waals surface area contributed by atoms with Crippen LogP contribution in [-0.4, -0.2) is 28.6 Å². The Morgan fingerprint density at radius 3 is 2.39 bits per heavy atom. The number of rotatable bonds is 5. The number of amides is 3. The van der Waals surface area contributed by atoms with Gasteiger partial charge < -0.3 is 20.1 Å². The highest BCUT2D eigenvalue weighted by Crippen LogP contribution is 2.32. The smallest absolute Gasteiger partial charge is 0.323 e. The summed E-state index contributed by atoms with van der Waals surface area (Å²) in [6.07, 6.45) is 0.317. The number of carbonyl (C=O) groups excluding carboxylic acids is 2. The van der Waals surface area contributed by atoms with Gasteiger partial charge in [0.2, 0.25) is 17.6 Å². The average Bonchev–Trinajstić information content (AvgIpc) is 3.47. The number of anilines is 3. The molecule has 3 aromatic carbocycles.